The van der Waals surface area contributed by atoms with E-state index in [-0.39, 0.29) is 18.1 Å². The molecule has 146 valence electrons. The van der Waals surface area contributed by atoms with Crippen molar-refractivity contribution in [3.8, 4) is 0 Å². The molecule has 0 aliphatic carbocycles. The first-order valence-corrected chi connectivity index (χ1v) is 9.86. The molecule has 0 amide bonds. The summed E-state index contributed by atoms with van der Waals surface area (Å²) in [6.45, 7) is 16.8. The van der Waals surface area contributed by atoms with Gasteiger partial charge in [0.1, 0.15) is 19.8 Å². The molecule has 0 aromatic carbocycles. The Balaban J connectivity index is 1.99. The van der Waals surface area contributed by atoms with Gasteiger partial charge in [-0.2, -0.15) is 0 Å². The molecule has 3 heterocycles. The van der Waals surface area contributed by atoms with Crippen LogP contribution in [0.4, 0.5) is 0 Å². The van der Waals surface area contributed by atoms with E-state index in [4.69, 9.17) is 29.2 Å². The largest absolute Gasteiger partial charge is 0.478 e. The molecule has 0 unspecified atom stereocenters. The molecule has 26 heavy (non-hydrogen) atoms. The summed E-state index contributed by atoms with van der Waals surface area (Å²) in [5.74, 6) is 3.14. The zero-order valence-electron chi connectivity index (χ0n) is 17.2. The van der Waals surface area contributed by atoms with E-state index in [2.05, 4.69) is 41.5 Å². The van der Waals surface area contributed by atoms with Crippen LogP contribution < -0.4 is 0 Å². The van der Waals surface area contributed by atoms with Gasteiger partial charge in [0.15, 0.2) is 5.41 Å². The van der Waals surface area contributed by atoms with Crippen LogP contribution in [0.2, 0.25) is 0 Å². The van der Waals surface area contributed by atoms with Gasteiger partial charge in [-0.3, -0.25) is 0 Å². The van der Waals surface area contributed by atoms with E-state index in [1.165, 1.54) is 0 Å². The first kappa shape index (κ1) is 19.2. The van der Waals surface area contributed by atoms with Gasteiger partial charge in [-0.15, -0.1) is 0 Å². The Morgan fingerprint density at radius 1 is 0.654 bits per heavy atom. The van der Waals surface area contributed by atoms with Gasteiger partial charge in [0.2, 0.25) is 17.7 Å². The highest BCUT2D eigenvalue weighted by molar-refractivity contribution is 6.23. The zero-order chi connectivity index (χ0) is 19.1. The lowest BCUT2D eigenvalue weighted by molar-refractivity contribution is 0.239. The van der Waals surface area contributed by atoms with E-state index < -0.39 is 5.41 Å². The fraction of sp³-hybridized carbons (Fsp3) is 0.850. The summed E-state index contributed by atoms with van der Waals surface area (Å²) in [7, 11) is 0. The Morgan fingerprint density at radius 3 is 1.12 bits per heavy atom. The maximum absolute atomic E-state index is 6.04. The van der Waals surface area contributed by atoms with Crippen molar-refractivity contribution >= 4 is 17.7 Å². The second kappa shape index (κ2) is 7.20. The molecular weight excluding hydrogens is 330 g/mol. The van der Waals surface area contributed by atoms with E-state index in [0.29, 0.717) is 55.3 Å². The van der Waals surface area contributed by atoms with Crippen molar-refractivity contribution in [1.82, 2.24) is 0 Å². The van der Waals surface area contributed by atoms with Crippen LogP contribution in [0.5, 0.6) is 0 Å². The van der Waals surface area contributed by atoms with Gasteiger partial charge in [0.05, 0.1) is 18.1 Å². The quantitative estimate of drug-likeness (QED) is 0.727. The average molecular weight is 364 g/mol. The summed E-state index contributed by atoms with van der Waals surface area (Å²) in [4.78, 5) is 14.6. The Bertz CT molecular complexity index is 538. The molecule has 0 spiro atoms. The summed E-state index contributed by atoms with van der Waals surface area (Å²) in [6.07, 6.45) is 0. The first-order chi connectivity index (χ1) is 12.2. The van der Waals surface area contributed by atoms with Crippen molar-refractivity contribution in [3.63, 3.8) is 0 Å². The minimum absolute atomic E-state index is 0.148. The molecule has 6 nitrogen and oxygen atoms in total. The molecule has 6 heteroatoms. The highest BCUT2D eigenvalue weighted by Crippen LogP contribution is 2.36. The van der Waals surface area contributed by atoms with Gasteiger partial charge in [-0.1, -0.05) is 41.5 Å². The standard InChI is InChI=1S/C20H33N3O3/c1-11(2)14-8-24-17(21-14)20(7,18-22-15(9-25-18)12(3)4)19-23-16(10-26-19)13(5)6/h11-16H,8-10H2,1-7H3/t14-,15-,16-/m0/s1. The van der Waals surface area contributed by atoms with E-state index in [9.17, 15) is 0 Å². The van der Waals surface area contributed by atoms with Crippen LogP contribution in [0.25, 0.3) is 0 Å². The maximum Gasteiger partial charge on any atom is 0.209 e. The lowest BCUT2D eigenvalue weighted by atomic mass is 9.89. The number of ether oxygens (including phenoxy) is 3. The minimum Gasteiger partial charge on any atom is -0.478 e. The van der Waals surface area contributed by atoms with Gasteiger partial charge < -0.3 is 14.2 Å². The van der Waals surface area contributed by atoms with Crippen LogP contribution in [0.1, 0.15) is 48.5 Å². The zero-order valence-corrected chi connectivity index (χ0v) is 17.2. The summed E-state index contributed by atoms with van der Waals surface area (Å²) in [5.41, 5.74) is -0.781. The lowest BCUT2D eigenvalue weighted by Gasteiger charge is -2.26. The SMILES string of the molecule is CC(C)[C@@H]1COC(C(C)(C2=N[C@H](C(C)C)CO2)C2=N[C@H](C(C)C)CO2)=N1. The van der Waals surface area contributed by atoms with Crippen LogP contribution in [0.3, 0.4) is 0 Å². The molecule has 3 aliphatic heterocycles. The Labute approximate surface area is 157 Å². The number of nitrogens with zero attached hydrogens (tertiary/aromatic N) is 3. The molecule has 0 aromatic rings. The van der Waals surface area contributed by atoms with Crippen LogP contribution in [0, 0.1) is 23.2 Å². The fourth-order valence-corrected chi connectivity index (χ4v) is 3.29. The molecular formula is C20H33N3O3. The summed E-state index contributed by atoms with van der Waals surface area (Å²) in [6, 6.07) is 0.445. The molecule has 3 aliphatic rings. The van der Waals surface area contributed by atoms with Crippen molar-refractivity contribution in [3.05, 3.63) is 0 Å². The molecule has 0 fully saturated rings. The Kier molecular flexibility index (Phi) is 5.31. The fourth-order valence-electron chi connectivity index (χ4n) is 3.29. The molecule has 3 atom stereocenters. The second-order valence-electron chi connectivity index (χ2n) is 8.79. The van der Waals surface area contributed by atoms with Crippen LogP contribution >= 0.6 is 0 Å². The van der Waals surface area contributed by atoms with E-state index in [0.717, 1.165) is 0 Å². The Hall–Kier alpha value is -1.59. The van der Waals surface area contributed by atoms with Crippen molar-refractivity contribution in [2.24, 2.45) is 38.1 Å². The third kappa shape index (κ3) is 3.35. The number of rotatable bonds is 6. The van der Waals surface area contributed by atoms with Gasteiger partial charge in [0, 0.05) is 0 Å². The molecule has 0 aromatic heterocycles. The number of hydrogen-bond donors (Lipinski definition) is 0. The smallest absolute Gasteiger partial charge is 0.209 e. The lowest BCUT2D eigenvalue weighted by Crippen LogP contribution is -2.44. The van der Waals surface area contributed by atoms with Crippen molar-refractivity contribution in [1.29, 1.82) is 0 Å². The Morgan fingerprint density at radius 2 is 0.923 bits per heavy atom. The highest BCUT2D eigenvalue weighted by atomic mass is 16.5. The van der Waals surface area contributed by atoms with Gasteiger partial charge in [-0.05, 0) is 24.7 Å². The molecule has 0 saturated heterocycles. The molecule has 0 radical (unpaired) electrons. The predicted molar refractivity (Wildman–Crippen MR) is 104 cm³/mol. The minimum atomic E-state index is -0.781. The summed E-state index contributed by atoms with van der Waals surface area (Å²) in [5, 5.41) is 0. The monoisotopic (exact) mass is 363 g/mol. The van der Waals surface area contributed by atoms with Crippen molar-refractivity contribution in [2.75, 3.05) is 19.8 Å². The van der Waals surface area contributed by atoms with Gasteiger partial charge in [0.25, 0.3) is 0 Å². The van der Waals surface area contributed by atoms with Crippen LogP contribution in [0.15, 0.2) is 15.0 Å². The highest BCUT2D eigenvalue weighted by Gasteiger charge is 2.52. The van der Waals surface area contributed by atoms with Crippen LogP contribution in [-0.2, 0) is 14.2 Å². The van der Waals surface area contributed by atoms with Crippen molar-refractivity contribution < 1.29 is 14.2 Å². The maximum atomic E-state index is 6.04. The van der Waals surface area contributed by atoms with Crippen LogP contribution in [-0.4, -0.2) is 55.6 Å². The molecule has 0 saturated carbocycles. The molecule has 0 bridgehead atoms. The average Bonchev–Trinajstić information content (AvgIpc) is 3.33. The summed E-state index contributed by atoms with van der Waals surface area (Å²) >= 11 is 0. The van der Waals surface area contributed by atoms with Gasteiger partial charge in [-0.25, -0.2) is 15.0 Å². The predicted octanol–water partition coefficient (Wildman–Crippen LogP) is 3.35. The third-order valence-corrected chi connectivity index (χ3v) is 5.61. The molecule has 0 N–H and O–H groups in total. The van der Waals surface area contributed by atoms with E-state index >= 15 is 0 Å². The van der Waals surface area contributed by atoms with Crippen molar-refractivity contribution in [2.45, 2.75) is 66.6 Å². The first-order valence-electron chi connectivity index (χ1n) is 9.86. The summed E-state index contributed by atoms with van der Waals surface area (Å²) < 4.78 is 18.1. The van der Waals surface area contributed by atoms with Gasteiger partial charge >= 0.3 is 0 Å². The topological polar surface area (TPSA) is 64.8 Å². The third-order valence-electron chi connectivity index (χ3n) is 5.61. The number of aliphatic imine (C=N–C) groups is 3. The normalized spacial score (nSPS) is 28.8. The number of hydrogen-bond acceptors (Lipinski definition) is 6. The van der Waals surface area contributed by atoms with E-state index in [1.54, 1.807) is 0 Å². The van der Waals surface area contributed by atoms with E-state index in [1.807, 2.05) is 6.92 Å². The molecule has 3 rings (SSSR count). The second-order valence-corrected chi connectivity index (χ2v) is 8.79.